The number of fused-ring (bicyclic) bond motifs is 4. The zero-order valence-corrected chi connectivity index (χ0v) is 21.1. The number of aromatic nitrogens is 4. The number of hydrogen-bond acceptors (Lipinski definition) is 6. The Morgan fingerprint density at radius 3 is 2.43 bits per heavy atom. The molecule has 2 saturated heterocycles. The van der Waals surface area contributed by atoms with Gasteiger partial charge in [0.05, 0.1) is 11.0 Å². The Kier molecular flexibility index (Phi) is 4.62. The lowest BCUT2D eigenvalue weighted by molar-refractivity contribution is -0.221. The summed E-state index contributed by atoms with van der Waals surface area (Å²) < 4.78 is 3.20. The summed E-state index contributed by atoms with van der Waals surface area (Å²) in [7, 11) is 0. The summed E-state index contributed by atoms with van der Waals surface area (Å²) >= 11 is 0. The molecule has 1 aromatic carbocycles. The highest BCUT2D eigenvalue weighted by atomic mass is 16.2. The Bertz CT molecular complexity index is 1510. The lowest BCUT2D eigenvalue weighted by Gasteiger charge is -2.73. The zero-order valence-electron chi connectivity index (χ0n) is 21.1. The minimum absolute atomic E-state index is 0.0937. The van der Waals surface area contributed by atoms with Gasteiger partial charge in [-0.1, -0.05) is 25.0 Å². The first-order valence-electron chi connectivity index (χ1n) is 14.2. The van der Waals surface area contributed by atoms with Gasteiger partial charge in [-0.3, -0.25) is 9.69 Å². The van der Waals surface area contributed by atoms with Crippen molar-refractivity contribution in [2.45, 2.75) is 87.9 Å². The van der Waals surface area contributed by atoms with Crippen LogP contribution in [-0.4, -0.2) is 41.6 Å². The Labute approximate surface area is 215 Å². The second kappa shape index (κ2) is 7.76. The predicted octanol–water partition coefficient (Wildman–Crippen LogP) is 3.66. The van der Waals surface area contributed by atoms with Crippen molar-refractivity contribution in [1.29, 1.82) is 0 Å². The molecule has 192 valence electrons. The summed E-state index contributed by atoms with van der Waals surface area (Å²) in [5.74, 6) is 3.04. The van der Waals surface area contributed by atoms with E-state index in [1.54, 1.807) is 0 Å². The zero-order chi connectivity index (χ0) is 24.9. The quantitative estimate of drug-likeness (QED) is 0.592. The topological polar surface area (TPSA) is 99.0 Å². The first-order chi connectivity index (χ1) is 18.0. The van der Waals surface area contributed by atoms with Gasteiger partial charge in [-0.25, -0.2) is 14.3 Å². The van der Waals surface area contributed by atoms with Crippen LogP contribution in [0.1, 0.15) is 70.3 Å². The van der Waals surface area contributed by atoms with E-state index in [1.807, 2.05) is 28.8 Å². The number of nitrogen functional groups attached to an aromatic ring is 1. The normalized spacial score (nSPS) is 36.4. The standard InChI is InChI=1S/C29H34N6O2/c30-25-10-11-33(28(37)32-25)26-27(36)34(24-7-2-1-6-23(24)31-26)21-13-19-4-3-5-20(14-21)35(19)29-15-17-8-9-22(29)18(12-17)16-29/h1-2,6-7,10-11,17-22H,3-5,8-9,12-16H2,(H2,30,32,37)/t17-,18+,19-,20+,21?,22?,29-/m1/s1. The molecule has 6 bridgehead atoms. The van der Waals surface area contributed by atoms with Crippen molar-refractivity contribution >= 4 is 16.9 Å². The largest absolute Gasteiger partial charge is 0.383 e. The van der Waals surface area contributed by atoms with Crippen LogP contribution < -0.4 is 17.0 Å². The number of anilines is 1. The molecule has 7 atom stereocenters. The number of benzene rings is 1. The van der Waals surface area contributed by atoms with E-state index in [0.29, 0.717) is 17.6 Å². The molecule has 4 heterocycles. The SMILES string of the molecule is Nc1ccn(-c2nc3ccccc3n(C3C[C@H]4CCC[C@@H](C3)N4[C@@]34C[C@@H]5CCC3[C@@H](C5)C4)c2=O)c(=O)n1. The number of nitrogens with two attached hydrogens (primary N) is 1. The van der Waals surface area contributed by atoms with Gasteiger partial charge >= 0.3 is 5.69 Å². The fourth-order valence-corrected chi connectivity index (χ4v) is 9.59. The molecule has 2 unspecified atom stereocenters. The average Bonchev–Trinajstić information content (AvgIpc) is 2.88. The van der Waals surface area contributed by atoms with Crippen LogP contribution in [0, 0.1) is 17.8 Å². The monoisotopic (exact) mass is 498 g/mol. The third-order valence-corrected chi connectivity index (χ3v) is 10.7. The van der Waals surface area contributed by atoms with Crippen molar-refractivity contribution in [2.75, 3.05) is 5.73 Å². The molecule has 4 aliphatic carbocycles. The molecule has 6 aliphatic rings. The van der Waals surface area contributed by atoms with E-state index >= 15 is 0 Å². The van der Waals surface area contributed by atoms with Gasteiger partial charge in [-0.2, -0.15) is 4.98 Å². The maximum absolute atomic E-state index is 14.1. The van der Waals surface area contributed by atoms with Gasteiger partial charge in [0.1, 0.15) is 5.82 Å². The maximum Gasteiger partial charge on any atom is 0.355 e. The highest BCUT2D eigenvalue weighted by molar-refractivity contribution is 5.75. The van der Waals surface area contributed by atoms with E-state index in [1.165, 1.54) is 68.2 Å². The van der Waals surface area contributed by atoms with Crippen molar-refractivity contribution in [3.8, 4) is 5.82 Å². The summed E-state index contributed by atoms with van der Waals surface area (Å²) in [6.07, 6.45) is 14.4. The lowest BCUT2D eigenvalue weighted by Crippen LogP contribution is -2.75. The van der Waals surface area contributed by atoms with Crippen LogP contribution in [0.2, 0.25) is 0 Å². The van der Waals surface area contributed by atoms with Gasteiger partial charge in [-0.15, -0.1) is 0 Å². The molecule has 6 fully saturated rings. The Hall–Kier alpha value is -3.00. The Balaban J connectivity index is 1.22. The maximum atomic E-state index is 14.1. The number of hydrogen-bond donors (Lipinski definition) is 1. The van der Waals surface area contributed by atoms with E-state index in [0.717, 1.165) is 41.6 Å². The summed E-state index contributed by atoms with van der Waals surface area (Å²) in [5.41, 5.74) is 6.92. The van der Waals surface area contributed by atoms with Crippen LogP contribution in [0.5, 0.6) is 0 Å². The molecule has 8 nitrogen and oxygen atoms in total. The fraction of sp³-hybridized carbons (Fsp3) is 0.586. The smallest absolute Gasteiger partial charge is 0.355 e. The third kappa shape index (κ3) is 3.05. The summed E-state index contributed by atoms with van der Waals surface area (Å²) in [6, 6.07) is 10.5. The fourth-order valence-electron chi connectivity index (χ4n) is 9.59. The summed E-state index contributed by atoms with van der Waals surface area (Å²) in [4.78, 5) is 38.2. The summed E-state index contributed by atoms with van der Waals surface area (Å²) in [6.45, 7) is 0. The van der Waals surface area contributed by atoms with Crippen molar-refractivity contribution in [3.63, 3.8) is 0 Å². The van der Waals surface area contributed by atoms with Gasteiger partial charge in [0.2, 0.25) is 5.82 Å². The van der Waals surface area contributed by atoms with Crippen LogP contribution >= 0.6 is 0 Å². The van der Waals surface area contributed by atoms with Gasteiger partial charge in [-0.05, 0) is 87.3 Å². The molecule has 0 radical (unpaired) electrons. The van der Waals surface area contributed by atoms with Crippen LogP contribution in [0.25, 0.3) is 16.9 Å². The lowest BCUT2D eigenvalue weighted by atomic mass is 9.42. The molecule has 8 heteroatoms. The molecule has 9 rings (SSSR count). The first-order valence-corrected chi connectivity index (χ1v) is 14.2. The highest BCUT2D eigenvalue weighted by Crippen LogP contribution is 2.67. The van der Waals surface area contributed by atoms with Crippen LogP contribution in [0.15, 0.2) is 46.1 Å². The van der Waals surface area contributed by atoms with Crippen LogP contribution in [0.3, 0.4) is 0 Å². The van der Waals surface area contributed by atoms with E-state index in [9.17, 15) is 9.59 Å². The molecule has 4 saturated carbocycles. The second-order valence-electron chi connectivity index (χ2n) is 12.4. The van der Waals surface area contributed by atoms with E-state index < -0.39 is 5.69 Å². The van der Waals surface area contributed by atoms with Gasteiger partial charge in [0.15, 0.2) is 0 Å². The minimum Gasteiger partial charge on any atom is -0.383 e. The molecule has 2 aromatic heterocycles. The second-order valence-corrected chi connectivity index (χ2v) is 12.4. The van der Waals surface area contributed by atoms with Gasteiger partial charge in [0.25, 0.3) is 5.56 Å². The molecule has 37 heavy (non-hydrogen) atoms. The Morgan fingerprint density at radius 1 is 0.892 bits per heavy atom. The average molecular weight is 499 g/mol. The van der Waals surface area contributed by atoms with Crippen molar-refractivity contribution < 1.29 is 0 Å². The van der Waals surface area contributed by atoms with Crippen molar-refractivity contribution in [1.82, 2.24) is 24.0 Å². The number of nitrogens with zero attached hydrogens (tertiary/aromatic N) is 5. The van der Waals surface area contributed by atoms with E-state index in [-0.39, 0.29) is 23.2 Å². The molecule has 0 amide bonds. The van der Waals surface area contributed by atoms with Crippen LogP contribution in [0.4, 0.5) is 5.82 Å². The molecule has 3 aromatic rings. The first kappa shape index (κ1) is 22.0. The van der Waals surface area contributed by atoms with E-state index in [4.69, 9.17) is 5.73 Å². The molecular formula is C29H34N6O2. The third-order valence-electron chi connectivity index (χ3n) is 10.7. The number of rotatable bonds is 3. The minimum atomic E-state index is -0.580. The van der Waals surface area contributed by atoms with Gasteiger partial charge < -0.3 is 10.3 Å². The van der Waals surface area contributed by atoms with Gasteiger partial charge in [0, 0.05) is 29.9 Å². The predicted molar refractivity (Wildman–Crippen MR) is 142 cm³/mol. The molecule has 0 spiro atoms. The molecule has 2 N–H and O–H groups in total. The number of piperidine rings is 2. The highest BCUT2D eigenvalue weighted by Gasteiger charge is 2.65. The van der Waals surface area contributed by atoms with Crippen molar-refractivity contribution in [2.24, 2.45) is 17.8 Å². The molecular weight excluding hydrogens is 464 g/mol. The summed E-state index contributed by atoms with van der Waals surface area (Å²) in [5, 5.41) is 0. The van der Waals surface area contributed by atoms with E-state index in [2.05, 4.69) is 14.9 Å². The number of para-hydroxylation sites is 2. The Morgan fingerprint density at radius 2 is 1.70 bits per heavy atom. The van der Waals surface area contributed by atoms with Crippen molar-refractivity contribution in [3.05, 3.63) is 57.4 Å². The van der Waals surface area contributed by atoms with Crippen LogP contribution in [-0.2, 0) is 0 Å². The molecule has 2 aliphatic heterocycles.